The summed E-state index contributed by atoms with van der Waals surface area (Å²) in [6.45, 7) is 24.8. The molecule has 0 aromatic heterocycles. The smallest absolute Gasteiger partial charge is 0.0718 e. The Morgan fingerprint density at radius 2 is 1.00 bits per heavy atom. The minimum atomic E-state index is -1.67. The molecule has 0 aliphatic rings. The zero-order valence-electron chi connectivity index (χ0n) is 15.1. The van der Waals surface area contributed by atoms with Crippen LogP contribution in [0.15, 0.2) is 0 Å². The molecule has 116 valence electrons. The van der Waals surface area contributed by atoms with Crippen molar-refractivity contribution in [1.29, 1.82) is 0 Å². The molecule has 4 heteroatoms. The molecule has 0 bridgehead atoms. The van der Waals surface area contributed by atoms with Crippen molar-refractivity contribution in [2.45, 2.75) is 89.0 Å². The van der Waals surface area contributed by atoms with Crippen molar-refractivity contribution >= 4 is 16.1 Å². The van der Waals surface area contributed by atoms with Gasteiger partial charge >= 0.3 is 0 Å². The van der Waals surface area contributed by atoms with E-state index in [2.05, 4.69) is 67.7 Å². The minimum Gasteiger partial charge on any atom is -0.330 e. The van der Waals surface area contributed by atoms with E-state index in [4.69, 9.17) is 11.5 Å². The van der Waals surface area contributed by atoms with Crippen LogP contribution in [0.5, 0.6) is 0 Å². The van der Waals surface area contributed by atoms with E-state index in [1.165, 1.54) is 0 Å². The molecule has 2 nitrogen and oxygen atoms in total. The van der Waals surface area contributed by atoms with Gasteiger partial charge in [0.25, 0.3) is 0 Å². The zero-order chi connectivity index (χ0) is 15.9. The molecule has 0 fully saturated rings. The molecule has 19 heavy (non-hydrogen) atoms. The molecule has 4 N–H and O–H groups in total. The van der Waals surface area contributed by atoms with Gasteiger partial charge in [-0.1, -0.05) is 67.7 Å². The topological polar surface area (TPSA) is 52.0 Å². The second-order valence-corrected chi connectivity index (χ2v) is 21.0. The first-order valence-electron chi connectivity index (χ1n) is 7.55. The van der Waals surface area contributed by atoms with Crippen LogP contribution >= 0.6 is 0 Å². The van der Waals surface area contributed by atoms with E-state index in [0.717, 1.165) is 6.42 Å². The molecular weight excluding hydrogens is 264 g/mol. The second-order valence-electron chi connectivity index (χ2n) is 9.26. The predicted molar refractivity (Wildman–Crippen MR) is 95.0 cm³/mol. The lowest BCUT2D eigenvalue weighted by Gasteiger charge is -2.61. The second kappa shape index (κ2) is 5.28. The molecule has 0 aromatic carbocycles. The van der Waals surface area contributed by atoms with Crippen LogP contribution in [0.3, 0.4) is 0 Å². The highest BCUT2D eigenvalue weighted by Crippen LogP contribution is 2.52. The van der Waals surface area contributed by atoms with Crippen LogP contribution in [0.25, 0.3) is 0 Å². The molecule has 0 aliphatic heterocycles. The van der Waals surface area contributed by atoms with Gasteiger partial charge in [0.2, 0.25) is 0 Å². The van der Waals surface area contributed by atoms with Gasteiger partial charge < -0.3 is 11.5 Å². The first kappa shape index (κ1) is 19.4. The van der Waals surface area contributed by atoms with E-state index in [1.807, 2.05) is 0 Å². The minimum absolute atomic E-state index is 0.0365. The Morgan fingerprint density at radius 1 is 0.737 bits per heavy atom. The zero-order valence-corrected chi connectivity index (χ0v) is 17.1. The molecule has 0 saturated carbocycles. The Balaban J connectivity index is 6.04. The van der Waals surface area contributed by atoms with Crippen LogP contribution in [0.1, 0.15) is 48.0 Å². The Hall–Kier alpha value is 0.354. The number of rotatable bonds is 4. The van der Waals surface area contributed by atoms with Crippen LogP contribution in [0.2, 0.25) is 36.3 Å². The summed E-state index contributed by atoms with van der Waals surface area (Å²) in [6, 6.07) is 0. The van der Waals surface area contributed by atoms with Crippen LogP contribution in [0, 0.1) is 0 Å². The molecule has 0 radical (unpaired) electrons. The van der Waals surface area contributed by atoms with Gasteiger partial charge in [0, 0.05) is 4.79 Å². The molecule has 0 aromatic rings. The van der Waals surface area contributed by atoms with Crippen molar-refractivity contribution in [3.63, 3.8) is 0 Å². The molecule has 0 amide bonds. The summed E-state index contributed by atoms with van der Waals surface area (Å²) in [5.74, 6) is 0. The summed E-state index contributed by atoms with van der Waals surface area (Å²) < 4.78 is 0. The standard InChI is InChI=1S/C15H38N2Si2/c1-13(2,3)18(7,8)15(17,11-12-16)19(9,10)14(4,5)6/h11-12,16-17H2,1-10H3. The average molecular weight is 303 g/mol. The summed E-state index contributed by atoms with van der Waals surface area (Å²) in [6.07, 6.45) is 0.972. The van der Waals surface area contributed by atoms with E-state index in [9.17, 15) is 0 Å². The van der Waals surface area contributed by atoms with E-state index >= 15 is 0 Å². The maximum absolute atomic E-state index is 7.18. The molecule has 0 aliphatic carbocycles. The van der Waals surface area contributed by atoms with Crippen molar-refractivity contribution < 1.29 is 0 Å². The van der Waals surface area contributed by atoms with Gasteiger partial charge in [-0.05, 0) is 23.0 Å². The predicted octanol–water partition coefficient (Wildman–Crippen LogP) is 4.13. The van der Waals surface area contributed by atoms with E-state index < -0.39 is 16.1 Å². The molecular formula is C15H38N2Si2. The lowest BCUT2D eigenvalue weighted by Crippen LogP contribution is -2.79. The van der Waals surface area contributed by atoms with Crippen molar-refractivity contribution in [1.82, 2.24) is 0 Å². The van der Waals surface area contributed by atoms with Gasteiger partial charge in [0.15, 0.2) is 0 Å². The van der Waals surface area contributed by atoms with Crippen molar-refractivity contribution in [2.24, 2.45) is 11.5 Å². The van der Waals surface area contributed by atoms with Crippen LogP contribution < -0.4 is 11.5 Å². The number of nitrogens with two attached hydrogens (primary N) is 2. The summed E-state index contributed by atoms with van der Waals surface area (Å²) in [5, 5.41) is 0.596. The molecule has 0 atom stereocenters. The van der Waals surface area contributed by atoms with Crippen LogP contribution in [-0.2, 0) is 0 Å². The molecule has 0 heterocycles. The fraction of sp³-hybridized carbons (Fsp3) is 1.00. The van der Waals surface area contributed by atoms with Gasteiger partial charge in [-0.2, -0.15) is 0 Å². The quantitative estimate of drug-likeness (QED) is 0.767. The van der Waals surface area contributed by atoms with Crippen molar-refractivity contribution in [3.05, 3.63) is 0 Å². The molecule has 0 saturated heterocycles. The highest BCUT2D eigenvalue weighted by molar-refractivity contribution is 7.02. The Kier molecular flexibility index (Phi) is 5.38. The largest absolute Gasteiger partial charge is 0.330 e. The average Bonchev–Trinajstić information content (AvgIpc) is 2.13. The summed E-state index contributed by atoms with van der Waals surface area (Å²) in [5.41, 5.74) is 13.1. The Bertz CT molecular complexity index is 283. The van der Waals surface area contributed by atoms with Gasteiger partial charge in [-0.15, -0.1) is 0 Å². The monoisotopic (exact) mass is 302 g/mol. The van der Waals surface area contributed by atoms with Crippen LogP contribution in [-0.4, -0.2) is 27.5 Å². The van der Waals surface area contributed by atoms with E-state index in [1.54, 1.807) is 0 Å². The highest BCUT2D eigenvalue weighted by Gasteiger charge is 2.61. The van der Waals surface area contributed by atoms with Crippen LogP contribution in [0.4, 0.5) is 0 Å². The maximum atomic E-state index is 7.18. The SMILES string of the molecule is CC(C)(C)[Si](C)(C)C(N)(CCN)[Si](C)(C)C(C)(C)C. The maximum Gasteiger partial charge on any atom is 0.0718 e. The first-order valence-corrected chi connectivity index (χ1v) is 13.6. The number of hydrogen-bond donors (Lipinski definition) is 2. The van der Waals surface area contributed by atoms with Crippen molar-refractivity contribution in [3.8, 4) is 0 Å². The fourth-order valence-electron chi connectivity index (χ4n) is 2.97. The lowest BCUT2D eigenvalue weighted by molar-refractivity contribution is 0.572. The molecule has 0 spiro atoms. The van der Waals surface area contributed by atoms with Gasteiger partial charge in [0.1, 0.15) is 0 Å². The molecule has 0 unspecified atom stereocenters. The fourth-order valence-corrected chi connectivity index (χ4v) is 15.7. The van der Waals surface area contributed by atoms with Crippen molar-refractivity contribution in [2.75, 3.05) is 6.54 Å². The van der Waals surface area contributed by atoms with Gasteiger partial charge in [-0.25, -0.2) is 0 Å². The van der Waals surface area contributed by atoms with E-state index in [0.29, 0.717) is 16.6 Å². The Labute approximate surface area is 123 Å². The Morgan fingerprint density at radius 3 is 1.16 bits per heavy atom. The normalized spacial score (nSPS) is 15.8. The lowest BCUT2D eigenvalue weighted by atomic mass is 10.2. The third kappa shape index (κ3) is 3.01. The van der Waals surface area contributed by atoms with Gasteiger partial charge in [0.05, 0.1) is 16.1 Å². The van der Waals surface area contributed by atoms with Gasteiger partial charge in [-0.3, -0.25) is 0 Å². The summed E-state index contributed by atoms with van der Waals surface area (Å²) in [4.78, 5) is -0.0365. The number of hydrogen-bond acceptors (Lipinski definition) is 2. The third-order valence-electron chi connectivity index (χ3n) is 6.52. The molecule has 0 rings (SSSR count). The summed E-state index contributed by atoms with van der Waals surface area (Å²) >= 11 is 0. The first-order chi connectivity index (χ1) is 8.06. The third-order valence-corrected chi connectivity index (χ3v) is 22.7. The van der Waals surface area contributed by atoms with E-state index in [-0.39, 0.29) is 4.79 Å². The summed E-state index contributed by atoms with van der Waals surface area (Å²) in [7, 11) is -3.33. The highest BCUT2D eigenvalue weighted by atomic mass is 28.4.